The van der Waals surface area contributed by atoms with Gasteiger partial charge in [-0.1, -0.05) is 0 Å². The molecule has 1 aliphatic carbocycles. The molecule has 6 rings (SSSR count). The molecule has 0 saturated heterocycles. The zero-order valence-corrected chi connectivity index (χ0v) is 33.2. The Balaban J connectivity index is 1.83. The normalized spacial score (nSPS) is 15.6. The van der Waals surface area contributed by atoms with Gasteiger partial charge in [-0.05, 0) is 0 Å². The van der Waals surface area contributed by atoms with Crippen LogP contribution in [0.25, 0.3) is 11.1 Å². The Bertz CT molecular complexity index is 2000. The minimum absolute atomic E-state index is 0.0997. The average molecular weight is 745 g/mol. The molecule has 0 radical (unpaired) electrons. The SMILES string of the molecule is CCC(c1cccc2c1Cc1ccccc1-2)P(O)(O)(O)C(OC)(OC)C(C#N)(N(C(C)C)C(C)C)C(c1ccccc1)(c1ccccc1)c1ccccc1. The summed E-state index contributed by atoms with van der Waals surface area (Å²) in [7, 11) is -3.95. The van der Waals surface area contributed by atoms with Crippen LogP contribution in [0.15, 0.2) is 133 Å². The molecule has 5 aromatic carbocycles. The number of hydrogen-bond donors (Lipinski definition) is 3. The third kappa shape index (κ3) is 5.51. The number of nitrogens with zero attached hydrogens (tertiary/aromatic N) is 2. The Kier molecular flexibility index (Phi) is 10.8. The van der Waals surface area contributed by atoms with E-state index in [4.69, 9.17) is 9.47 Å². The summed E-state index contributed by atoms with van der Waals surface area (Å²) in [6.45, 7) is 9.68. The van der Waals surface area contributed by atoms with E-state index in [2.05, 4.69) is 18.2 Å². The van der Waals surface area contributed by atoms with Crippen LogP contribution >= 0.6 is 7.28 Å². The quantitative estimate of drug-likeness (QED) is 0.0580. The molecule has 0 spiro atoms. The summed E-state index contributed by atoms with van der Waals surface area (Å²) >= 11 is 0. The first kappa shape index (κ1) is 39.5. The molecule has 0 saturated carbocycles. The van der Waals surface area contributed by atoms with E-state index >= 15 is 0 Å². The van der Waals surface area contributed by atoms with Crippen molar-refractivity contribution in [3.05, 3.63) is 167 Å². The van der Waals surface area contributed by atoms with E-state index in [9.17, 15) is 19.9 Å². The number of rotatable bonds is 14. The van der Waals surface area contributed by atoms with Gasteiger partial charge in [0, 0.05) is 0 Å². The topological polar surface area (TPSA) is 106 Å². The molecule has 282 valence electrons. The van der Waals surface area contributed by atoms with Crippen molar-refractivity contribution in [2.24, 2.45) is 0 Å². The van der Waals surface area contributed by atoms with Crippen molar-refractivity contribution >= 4 is 7.28 Å². The van der Waals surface area contributed by atoms with Crippen molar-refractivity contribution < 1.29 is 24.2 Å². The Morgan fingerprint density at radius 2 is 1.11 bits per heavy atom. The second-order valence-corrected chi connectivity index (χ2v) is 18.2. The monoisotopic (exact) mass is 744 g/mol. The zero-order valence-electron chi connectivity index (χ0n) is 32.3. The summed E-state index contributed by atoms with van der Waals surface area (Å²) in [5.74, 6) is 0. The van der Waals surface area contributed by atoms with Crippen molar-refractivity contribution in [1.82, 2.24) is 4.90 Å². The molecule has 0 bridgehead atoms. The van der Waals surface area contributed by atoms with Crippen LogP contribution in [-0.4, -0.2) is 57.0 Å². The first-order chi connectivity index (χ1) is 25.8. The third-order valence-electron chi connectivity index (χ3n) is 11.6. The Morgan fingerprint density at radius 3 is 1.54 bits per heavy atom. The van der Waals surface area contributed by atoms with Crippen LogP contribution in [0.5, 0.6) is 0 Å². The minimum atomic E-state index is -6.57. The van der Waals surface area contributed by atoms with Gasteiger partial charge in [-0.3, -0.25) is 0 Å². The van der Waals surface area contributed by atoms with Crippen LogP contribution < -0.4 is 0 Å². The maximum absolute atomic E-state index is 13.6. The summed E-state index contributed by atoms with van der Waals surface area (Å²) in [5, 5.41) is 12.5. The molecule has 0 heterocycles. The molecule has 5 aromatic rings. The number of ether oxygens (including phenoxy) is 2. The number of benzene rings is 5. The van der Waals surface area contributed by atoms with Gasteiger partial charge in [0.2, 0.25) is 0 Å². The van der Waals surface area contributed by atoms with E-state index in [0.717, 1.165) is 22.3 Å². The van der Waals surface area contributed by atoms with Crippen LogP contribution in [-0.2, 0) is 21.3 Å². The van der Waals surface area contributed by atoms with Crippen LogP contribution in [0.4, 0.5) is 0 Å². The summed E-state index contributed by atoms with van der Waals surface area (Å²) in [5.41, 5.74) is -1.29. The molecule has 0 amide bonds. The Labute approximate surface area is 320 Å². The number of methoxy groups -OCH3 is 2. The van der Waals surface area contributed by atoms with Crippen molar-refractivity contribution in [3.8, 4) is 17.2 Å². The molecule has 54 heavy (non-hydrogen) atoms. The molecular weight excluding hydrogens is 691 g/mol. The average Bonchev–Trinajstić information content (AvgIpc) is 3.56. The molecule has 7 nitrogen and oxygen atoms in total. The van der Waals surface area contributed by atoms with Crippen molar-refractivity contribution in [2.75, 3.05) is 14.2 Å². The van der Waals surface area contributed by atoms with Crippen molar-refractivity contribution in [3.63, 3.8) is 0 Å². The van der Waals surface area contributed by atoms with Crippen LogP contribution in [0.1, 0.15) is 80.1 Å². The molecule has 8 heteroatoms. The summed E-state index contributed by atoms with van der Waals surface area (Å²) in [6.07, 6.45) is 0.648. The van der Waals surface area contributed by atoms with Crippen molar-refractivity contribution in [2.45, 2.75) is 81.7 Å². The molecule has 2 unspecified atom stereocenters. The van der Waals surface area contributed by atoms with E-state index in [1.807, 2.05) is 161 Å². The Hall–Kier alpha value is -4.22. The zero-order chi connectivity index (χ0) is 39.0. The fourth-order valence-corrected chi connectivity index (χ4v) is 13.4. The van der Waals surface area contributed by atoms with Gasteiger partial charge in [0.25, 0.3) is 0 Å². The predicted molar refractivity (Wildman–Crippen MR) is 218 cm³/mol. The molecule has 2 atom stereocenters. The van der Waals surface area contributed by atoms with Gasteiger partial charge in [-0.25, -0.2) is 0 Å². The first-order valence-electron chi connectivity index (χ1n) is 18.7. The van der Waals surface area contributed by atoms with Gasteiger partial charge >= 0.3 is 322 Å². The summed E-state index contributed by atoms with van der Waals surface area (Å²) in [4.78, 5) is 42.9. The summed E-state index contributed by atoms with van der Waals surface area (Å²) < 4.78 is 13.1. The molecular formula is C46H53N2O5P. The molecule has 1 aliphatic rings. The number of hydrogen-bond acceptors (Lipinski definition) is 7. The maximum atomic E-state index is 13.6. The standard InChI is InChI=1S/C46H53N2O5P/c1-8-43(41-30-20-29-40-39-28-19-18-21-35(39)31-42(40)41)54(49,50,51)46(52-6,53-7)44(32-47,48(33(2)3)34(4)5)45(36-22-12-9-13-23-36,37-24-14-10-15-25-37)38-26-16-11-17-27-38/h9-30,33-34,43,49-51H,8,31H2,1-7H3. The molecule has 0 aromatic heterocycles. The van der Waals surface area contributed by atoms with Crippen LogP contribution in [0.2, 0.25) is 0 Å². The van der Waals surface area contributed by atoms with Gasteiger partial charge in [-0.15, -0.1) is 0 Å². The molecule has 3 N–H and O–H groups in total. The van der Waals surface area contributed by atoms with E-state index < -0.39 is 41.5 Å². The summed E-state index contributed by atoms with van der Waals surface area (Å²) in [6, 6.07) is 44.6. The molecule has 0 aliphatic heterocycles. The second-order valence-electron chi connectivity index (χ2n) is 14.9. The second kappa shape index (κ2) is 14.8. The van der Waals surface area contributed by atoms with E-state index in [0.29, 0.717) is 28.7 Å². The first-order valence-corrected chi connectivity index (χ1v) is 20.9. The van der Waals surface area contributed by atoms with Gasteiger partial charge < -0.3 is 0 Å². The van der Waals surface area contributed by atoms with Crippen LogP contribution in [0.3, 0.4) is 0 Å². The van der Waals surface area contributed by atoms with Gasteiger partial charge in [0.1, 0.15) is 0 Å². The fraction of sp³-hybridized carbons (Fsp3) is 0.326. The fourth-order valence-electron chi connectivity index (χ4n) is 9.92. The van der Waals surface area contributed by atoms with Crippen LogP contribution in [0, 0.1) is 11.3 Å². The predicted octanol–water partition coefficient (Wildman–Crippen LogP) is 9.35. The number of nitriles is 1. The van der Waals surface area contributed by atoms with E-state index in [1.165, 1.54) is 14.2 Å². The third-order valence-corrected chi connectivity index (χ3v) is 15.2. The van der Waals surface area contributed by atoms with Gasteiger partial charge in [-0.2, -0.15) is 0 Å². The van der Waals surface area contributed by atoms with E-state index in [-0.39, 0.29) is 6.42 Å². The van der Waals surface area contributed by atoms with Crippen molar-refractivity contribution in [1.29, 1.82) is 5.26 Å². The Morgan fingerprint density at radius 1 is 0.667 bits per heavy atom. The van der Waals surface area contributed by atoms with Gasteiger partial charge in [0.15, 0.2) is 0 Å². The van der Waals surface area contributed by atoms with E-state index in [1.54, 1.807) is 0 Å². The molecule has 0 fully saturated rings. The number of fused-ring (bicyclic) bond motifs is 3. The van der Waals surface area contributed by atoms with Gasteiger partial charge in [0.05, 0.1) is 0 Å².